The Balaban J connectivity index is 1.33. The maximum absolute atomic E-state index is 13.6. The van der Waals surface area contributed by atoms with Gasteiger partial charge in [0.2, 0.25) is 5.91 Å². The van der Waals surface area contributed by atoms with Crippen molar-refractivity contribution in [1.82, 2.24) is 14.9 Å². The smallest absolute Gasteiger partial charge is 0.263 e. The zero-order valence-corrected chi connectivity index (χ0v) is 22.2. The van der Waals surface area contributed by atoms with Gasteiger partial charge in [-0.25, -0.2) is 4.98 Å². The molecule has 1 atom stereocenters. The summed E-state index contributed by atoms with van der Waals surface area (Å²) in [5, 5.41) is 5.53. The third kappa shape index (κ3) is 4.98. The predicted octanol–water partition coefficient (Wildman–Crippen LogP) is 4.94. The van der Waals surface area contributed by atoms with E-state index in [1.54, 1.807) is 21.1 Å². The summed E-state index contributed by atoms with van der Waals surface area (Å²) in [6.07, 6.45) is 6.74. The van der Waals surface area contributed by atoms with Crippen LogP contribution in [0.25, 0.3) is 21.3 Å². The van der Waals surface area contributed by atoms with E-state index in [0.29, 0.717) is 34.7 Å². The van der Waals surface area contributed by atoms with Crippen molar-refractivity contribution in [2.75, 3.05) is 20.8 Å². The van der Waals surface area contributed by atoms with Crippen LogP contribution in [0.5, 0.6) is 11.5 Å². The van der Waals surface area contributed by atoms with Crippen molar-refractivity contribution in [2.24, 2.45) is 0 Å². The number of ether oxygens (including phenoxy) is 2. The zero-order chi connectivity index (χ0) is 25.9. The van der Waals surface area contributed by atoms with E-state index in [-0.39, 0.29) is 11.5 Å². The fraction of sp³-hybridized carbons (Fsp3) is 0.345. The lowest BCUT2D eigenvalue weighted by atomic mass is 9.89. The van der Waals surface area contributed by atoms with Gasteiger partial charge >= 0.3 is 0 Å². The summed E-state index contributed by atoms with van der Waals surface area (Å²) < 4.78 is 12.1. The van der Waals surface area contributed by atoms with Crippen LogP contribution in [-0.4, -0.2) is 36.2 Å². The van der Waals surface area contributed by atoms with Crippen LogP contribution in [0, 0.1) is 0 Å². The molecular weight excluding hydrogens is 486 g/mol. The minimum atomic E-state index is -0.689. The average molecular weight is 518 g/mol. The number of amides is 1. The molecule has 2 aromatic carbocycles. The SMILES string of the molecule is COc1ccc(CCNC(=O)C(C)n2cnc3scc(-c4ccc5c(c4)CCCC5)c3c2=O)cc1OC. The Kier molecular flexibility index (Phi) is 7.28. The predicted molar refractivity (Wildman–Crippen MR) is 147 cm³/mol. The molecule has 0 bridgehead atoms. The van der Waals surface area contributed by atoms with Crippen LogP contribution >= 0.6 is 11.3 Å². The number of aromatic nitrogens is 2. The van der Waals surface area contributed by atoms with Crippen LogP contribution in [0.4, 0.5) is 0 Å². The zero-order valence-electron chi connectivity index (χ0n) is 21.4. The van der Waals surface area contributed by atoms with Gasteiger partial charge in [0, 0.05) is 17.5 Å². The summed E-state index contributed by atoms with van der Waals surface area (Å²) in [4.78, 5) is 31.7. The molecule has 8 heteroatoms. The van der Waals surface area contributed by atoms with E-state index < -0.39 is 6.04 Å². The number of carbonyl (C=O) groups is 1. The number of rotatable bonds is 8. The molecule has 0 saturated carbocycles. The Hall–Kier alpha value is -3.65. The van der Waals surface area contributed by atoms with Gasteiger partial charge in [-0.3, -0.25) is 14.2 Å². The Labute approximate surface area is 220 Å². The van der Waals surface area contributed by atoms with E-state index in [1.165, 1.54) is 46.2 Å². The molecule has 192 valence electrons. The normalized spacial score (nSPS) is 13.7. The summed E-state index contributed by atoms with van der Waals surface area (Å²) in [5.41, 5.74) is 5.52. The molecule has 2 heterocycles. The molecule has 0 radical (unpaired) electrons. The fourth-order valence-corrected chi connectivity index (χ4v) is 5.88. The molecule has 1 amide bonds. The summed E-state index contributed by atoms with van der Waals surface area (Å²) in [5.74, 6) is 1.08. The third-order valence-electron chi connectivity index (χ3n) is 7.14. The van der Waals surface area contributed by atoms with Crippen molar-refractivity contribution in [3.63, 3.8) is 0 Å². The van der Waals surface area contributed by atoms with E-state index in [0.717, 1.165) is 29.5 Å². The van der Waals surface area contributed by atoms with Gasteiger partial charge in [-0.2, -0.15) is 0 Å². The number of benzene rings is 2. The van der Waals surface area contributed by atoms with Crippen molar-refractivity contribution in [1.29, 1.82) is 0 Å². The second-order valence-corrected chi connectivity index (χ2v) is 10.2. The first-order valence-corrected chi connectivity index (χ1v) is 13.5. The molecule has 1 unspecified atom stereocenters. The number of nitrogens with one attached hydrogen (secondary N) is 1. The molecule has 5 rings (SSSR count). The quantitative estimate of drug-likeness (QED) is 0.358. The van der Waals surface area contributed by atoms with E-state index in [2.05, 4.69) is 28.5 Å². The molecule has 1 aliphatic carbocycles. The number of carbonyl (C=O) groups excluding carboxylic acids is 1. The lowest BCUT2D eigenvalue weighted by Gasteiger charge is -2.17. The summed E-state index contributed by atoms with van der Waals surface area (Å²) in [6, 6.07) is 11.5. The van der Waals surface area contributed by atoms with Gasteiger partial charge in [-0.15, -0.1) is 11.3 Å². The third-order valence-corrected chi connectivity index (χ3v) is 8.02. The van der Waals surface area contributed by atoms with Crippen LogP contribution in [0.1, 0.15) is 42.5 Å². The number of aryl methyl sites for hydroxylation is 2. The highest BCUT2D eigenvalue weighted by molar-refractivity contribution is 7.17. The Bertz CT molecular complexity index is 1510. The number of fused-ring (bicyclic) bond motifs is 2. The summed E-state index contributed by atoms with van der Waals surface area (Å²) in [7, 11) is 3.19. The van der Waals surface area contributed by atoms with Crippen LogP contribution in [-0.2, 0) is 24.1 Å². The first-order chi connectivity index (χ1) is 18.0. The average Bonchev–Trinajstić information content (AvgIpc) is 3.37. The van der Waals surface area contributed by atoms with E-state index >= 15 is 0 Å². The standard InChI is InChI=1S/C29H31N3O4S/c1-18(27(33)30-13-12-19-8-11-24(35-2)25(14-19)36-3)32-17-31-28-26(29(32)34)23(16-37-28)22-10-9-20-6-4-5-7-21(20)15-22/h8-11,14-18H,4-7,12-13H2,1-3H3,(H,30,33). The second-order valence-electron chi connectivity index (χ2n) is 9.38. The monoisotopic (exact) mass is 517 g/mol. The van der Waals surface area contributed by atoms with E-state index in [1.807, 2.05) is 23.6 Å². The number of thiophene rings is 1. The molecule has 0 saturated heterocycles. The summed E-state index contributed by atoms with van der Waals surface area (Å²) >= 11 is 1.46. The number of nitrogens with zero attached hydrogens (tertiary/aromatic N) is 2. The van der Waals surface area contributed by atoms with Crippen molar-refractivity contribution >= 4 is 27.5 Å². The van der Waals surface area contributed by atoms with Crippen LogP contribution in [0.2, 0.25) is 0 Å². The Morgan fingerprint density at radius 3 is 2.65 bits per heavy atom. The highest BCUT2D eigenvalue weighted by Crippen LogP contribution is 2.33. The Morgan fingerprint density at radius 1 is 1.08 bits per heavy atom. The second kappa shape index (κ2) is 10.8. The maximum Gasteiger partial charge on any atom is 0.263 e. The number of hydrogen-bond acceptors (Lipinski definition) is 6. The molecule has 1 aliphatic rings. The van der Waals surface area contributed by atoms with Crippen molar-refractivity contribution in [3.05, 3.63) is 75.1 Å². The molecule has 0 fully saturated rings. The van der Waals surface area contributed by atoms with Crippen LogP contribution in [0.15, 0.2) is 52.9 Å². The van der Waals surface area contributed by atoms with Gasteiger partial charge in [0.25, 0.3) is 5.56 Å². The first kappa shape index (κ1) is 25.0. The number of methoxy groups -OCH3 is 2. The van der Waals surface area contributed by atoms with Crippen molar-refractivity contribution in [2.45, 2.75) is 45.1 Å². The highest BCUT2D eigenvalue weighted by Gasteiger charge is 2.21. The maximum atomic E-state index is 13.6. The van der Waals surface area contributed by atoms with E-state index in [4.69, 9.17) is 9.47 Å². The minimum absolute atomic E-state index is 0.193. The molecule has 0 aliphatic heterocycles. The molecular formula is C29H31N3O4S. The molecule has 0 spiro atoms. The molecule has 7 nitrogen and oxygen atoms in total. The van der Waals surface area contributed by atoms with Gasteiger partial charge in [0.15, 0.2) is 11.5 Å². The van der Waals surface area contributed by atoms with Gasteiger partial charge < -0.3 is 14.8 Å². The lowest BCUT2D eigenvalue weighted by molar-refractivity contribution is -0.123. The van der Waals surface area contributed by atoms with Gasteiger partial charge in [0.1, 0.15) is 10.9 Å². The minimum Gasteiger partial charge on any atom is -0.493 e. The molecule has 2 aromatic heterocycles. The van der Waals surface area contributed by atoms with E-state index in [9.17, 15) is 9.59 Å². The molecule has 1 N–H and O–H groups in total. The number of hydrogen-bond donors (Lipinski definition) is 1. The summed E-state index contributed by atoms with van der Waals surface area (Å²) in [6.45, 7) is 2.16. The first-order valence-electron chi connectivity index (χ1n) is 12.6. The van der Waals surface area contributed by atoms with Crippen molar-refractivity contribution in [3.8, 4) is 22.6 Å². The molecule has 4 aromatic rings. The van der Waals surface area contributed by atoms with Gasteiger partial charge in [-0.05, 0) is 73.4 Å². The molecule has 37 heavy (non-hydrogen) atoms. The largest absolute Gasteiger partial charge is 0.493 e. The lowest BCUT2D eigenvalue weighted by Crippen LogP contribution is -2.36. The van der Waals surface area contributed by atoms with Gasteiger partial charge in [0.05, 0.1) is 25.9 Å². The van der Waals surface area contributed by atoms with Crippen molar-refractivity contribution < 1.29 is 14.3 Å². The highest BCUT2D eigenvalue weighted by atomic mass is 32.1. The topological polar surface area (TPSA) is 82.5 Å². The van der Waals surface area contributed by atoms with Crippen LogP contribution in [0.3, 0.4) is 0 Å². The van der Waals surface area contributed by atoms with Crippen LogP contribution < -0.4 is 20.3 Å². The van der Waals surface area contributed by atoms with Gasteiger partial charge in [-0.1, -0.05) is 24.3 Å². The fourth-order valence-electron chi connectivity index (χ4n) is 4.98. The Morgan fingerprint density at radius 2 is 1.86 bits per heavy atom.